The summed E-state index contributed by atoms with van der Waals surface area (Å²) < 4.78 is 21.0. The summed E-state index contributed by atoms with van der Waals surface area (Å²) in [6.07, 6.45) is -0.285. The van der Waals surface area contributed by atoms with E-state index in [-0.39, 0.29) is 11.3 Å². The van der Waals surface area contributed by atoms with Crippen LogP contribution in [0.4, 0.5) is 5.69 Å². The maximum absolute atomic E-state index is 12.7. The molecule has 2 rings (SSSR count). The average molecular weight is 373 g/mol. The molecule has 0 aliphatic rings. The Morgan fingerprint density at radius 1 is 1.00 bits per heavy atom. The summed E-state index contributed by atoms with van der Waals surface area (Å²) in [6, 6.07) is 12.0. The Bertz CT molecular complexity index is 791. The number of benzene rings is 2. The molecule has 2 aromatic carbocycles. The van der Waals surface area contributed by atoms with E-state index in [9.17, 15) is 9.59 Å². The normalized spacial score (nSPS) is 11.3. The third-order valence-corrected chi connectivity index (χ3v) is 3.87. The molecule has 1 amide bonds. The van der Waals surface area contributed by atoms with Crippen molar-refractivity contribution in [3.8, 4) is 17.2 Å². The molecule has 0 radical (unpaired) electrons. The number of carbonyl (C=O) groups excluding carboxylic acids is 2. The van der Waals surface area contributed by atoms with E-state index in [4.69, 9.17) is 18.9 Å². The lowest BCUT2D eigenvalue weighted by molar-refractivity contribution is -0.122. The van der Waals surface area contributed by atoms with Gasteiger partial charge in [-0.3, -0.25) is 4.79 Å². The van der Waals surface area contributed by atoms with Gasteiger partial charge in [-0.25, -0.2) is 4.79 Å². The molecule has 0 bridgehead atoms. The molecule has 0 aliphatic heterocycles. The fourth-order valence-corrected chi connectivity index (χ4v) is 2.46. The molecule has 2 aromatic rings. The Hall–Kier alpha value is -3.22. The number of hydrogen-bond acceptors (Lipinski definition) is 6. The van der Waals surface area contributed by atoms with Gasteiger partial charge >= 0.3 is 5.97 Å². The summed E-state index contributed by atoms with van der Waals surface area (Å²) in [5, 5.41) is 2.72. The van der Waals surface area contributed by atoms with Crippen LogP contribution in [0, 0.1) is 0 Å². The number of anilines is 1. The van der Waals surface area contributed by atoms with Gasteiger partial charge in [-0.05, 0) is 18.6 Å². The Balaban J connectivity index is 2.30. The number of ether oxygens (including phenoxy) is 4. The second kappa shape index (κ2) is 9.47. The van der Waals surface area contributed by atoms with E-state index in [0.29, 0.717) is 23.7 Å². The van der Waals surface area contributed by atoms with Crippen LogP contribution in [0.2, 0.25) is 0 Å². The SMILES string of the molecule is CC[C@@H](Oc1ccccc1)C(=O)Nc1cc(OC)c(OC)cc1C(=O)OC. The fraction of sp³-hybridized carbons (Fsp3) is 0.300. The van der Waals surface area contributed by atoms with Gasteiger partial charge in [-0.15, -0.1) is 0 Å². The van der Waals surface area contributed by atoms with Crippen molar-refractivity contribution in [1.29, 1.82) is 0 Å². The van der Waals surface area contributed by atoms with Crippen molar-refractivity contribution in [2.24, 2.45) is 0 Å². The number of methoxy groups -OCH3 is 3. The minimum absolute atomic E-state index is 0.151. The molecule has 7 nitrogen and oxygen atoms in total. The first-order valence-corrected chi connectivity index (χ1v) is 8.40. The first-order valence-electron chi connectivity index (χ1n) is 8.40. The van der Waals surface area contributed by atoms with E-state index < -0.39 is 18.0 Å². The summed E-state index contributed by atoms with van der Waals surface area (Å²) in [5.41, 5.74) is 0.401. The summed E-state index contributed by atoms with van der Waals surface area (Å²) in [7, 11) is 4.19. The van der Waals surface area contributed by atoms with Crippen LogP contribution >= 0.6 is 0 Å². The Kier molecular flexibility index (Phi) is 7.05. The second-order valence-electron chi connectivity index (χ2n) is 5.56. The fourth-order valence-electron chi connectivity index (χ4n) is 2.46. The number of carbonyl (C=O) groups is 2. The van der Waals surface area contributed by atoms with E-state index in [1.165, 1.54) is 33.5 Å². The molecule has 0 spiro atoms. The van der Waals surface area contributed by atoms with Gasteiger partial charge in [0.15, 0.2) is 17.6 Å². The number of esters is 1. The van der Waals surface area contributed by atoms with Crippen LogP contribution in [0.5, 0.6) is 17.2 Å². The van der Waals surface area contributed by atoms with Gasteiger partial charge in [0.25, 0.3) is 5.91 Å². The quantitative estimate of drug-likeness (QED) is 0.715. The van der Waals surface area contributed by atoms with Crippen molar-refractivity contribution >= 4 is 17.6 Å². The largest absolute Gasteiger partial charge is 0.493 e. The zero-order valence-corrected chi connectivity index (χ0v) is 15.8. The predicted octanol–water partition coefficient (Wildman–Crippen LogP) is 3.29. The summed E-state index contributed by atoms with van der Waals surface area (Å²) in [6.45, 7) is 1.84. The molecule has 0 aromatic heterocycles. The zero-order valence-electron chi connectivity index (χ0n) is 15.8. The van der Waals surface area contributed by atoms with Crippen molar-refractivity contribution in [3.63, 3.8) is 0 Å². The van der Waals surface area contributed by atoms with E-state index >= 15 is 0 Å². The molecule has 0 heterocycles. The molecule has 0 unspecified atom stereocenters. The molecular formula is C20H23NO6. The van der Waals surface area contributed by atoms with E-state index in [0.717, 1.165) is 0 Å². The third kappa shape index (κ3) is 4.91. The number of hydrogen-bond donors (Lipinski definition) is 1. The molecule has 0 saturated carbocycles. The lowest BCUT2D eigenvalue weighted by Gasteiger charge is -2.19. The standard InChI is InChI=1S/C20H23NO6/c1-5-16(27-13-9-7-6-8-10-13)19(22)21-15-12-18(25-3)17(24-2)11-14(15)20(23)26-4/h6-12,16H,5H2,1-4H3,(H,21,22)/t16-/m1/s1. The first-order chi connectivity index (χ1) is 13.0. The van der Waals surface area contributed by atoms with Crippen LogP contribution < -0.4 is 19.5 Å². The summed E-state index contributed by atoms with van der Waals surface area (Å²) >= 11 is 0. The minimum Gasteiger partial charge on any atom is -0.493 e. The van der Waals surface area contributed by atoms with Gasteiger partial charge in [0.05, 0.1) is 32.6 Å². The van der Waals surface area contributed by atoms with Crippen LogP contribution in [-0.4, -0.2) is 39.3 Å². The monoisotopic (exact) mass is 373 g/mol. The molecule has 1 atom stereocenters. The highest BCUT2D eigenvalue weighted by atomic mass is 16.5. The van der Waals surface area contributed by atoms with Crippen LogP contribution in [0.15, 0.2) is 42.5 Å². The van der Waals surface area contributed by atoms with E-state index in [2.05, 4.69) is 5.32 Å². The highest BCUT2D eigenvalue weighted by molar-refractivity contribution is 6.03. The lowest BCUT2D eigenvalue weighted by Crippen LogP contribution is -2.33. The molecule has 0 aliphatic carbocycles. The molecular weight excluding hydrogens is 350 g/mol. The van der Waals surface area contributed by atoms with Gasteiger partial charge in [-0.2, -0.15) is 0 Å². The van der Waals surface area contributed by atoms with Crippen molar-refractivity contribution in [1.82, 2.24) is 0 Å². The van der Waals surface area contributed by atoms with Crippen LogP contribution in [-0.2, 0) is 9.53 Å². The number of rotatable bonds is 8. The van der Waals surface area contributed by atoms with Gasteiger partial charge in [0.2, 0.25) is 0 Å². The smallest absolute Gasteiger partial charge is 0.340 e. The zero-order chi connectivity index (χ0) is 19.8. The lowest BCUT2D eigenvalue weighted by atomic mass is 10.1. The summed E-state index contributed by atoms with van der Waals surface area (Å²) in [4.78, 5) is 24.8. The molecule has 0 fully saturated rings. The third-order valence-electron chi connectivity index (χ3n) is 3.87. The van der Waals surface area contributed by atoms with Gasteiger partial charge < -0.3 is 24.3 Å². The van der Waals surface area contributed by atoms with E-state index in [1.54, 1.807) is 12.1 Å². The van der Waals surface area contributed by atoms with E-state index in [1.807, 2.05) is 25.1 Å². The summed E-state index contributed by atoms with van der Waals surface area (Å²) in [5.74, 6) is 0.308. The van der Waals surface area contributed by atoms with Crippen molar-refractivity contribution in [3.05, 3.63) is 48.0 Å². The van der Waals surface area contributed by atoms with Crippen LogP contribution in [0.3, 0.4) is 0 Å². The maximum atomic E-state index is 12.7. The average Bonchev–Trinajstić information content (AvgIpc) is 2.71. The van der Waals surface area contributed by atoms with Crippen molar-refractivity contribution in [2.45, 2.75) is 19.4 Å². The van der Waals surface area contributed by atoms with Crippen LogP contribution in [0.25, 0.3) is 0 Å². The molecule has 144 valence electrons. The van der Waals surface area contributed by atoms with Crippen molar-refractivity contribution < 1.29 is 28.5 Å². The molecule has 27 heavy (non-hydrogen) atoms. The first kappa shape index (κ1) is 20.1. The van der Waals surface area contributed by atoms with Gasteiger partial charge in [0.1, 0.15) is 5.75 Å². The Morgan fingerprint density at radius 2 is 1.63 bits per heavy atom. The van der Waals surface area contributed by atoms with Gasteiger partial charge in [0, 0.05) is 12.1 Å². The van der Waals surface area contributed by atoms with Crippen molar-refractivity contribution in [2.75, 3.05) is 26.6 Å². The second-order valence-corrected chi connectivity index (χ2v) is 5.56. The Morgan fingerprint density at radius 3 is 2.19 bits per heavy atom. The Labute approximate surface area is 158 Å². The molecule has 0 saturated heterocycles. The highest BCUT2D eigenvalue weighted by Gasteiger charge is 2.23. The maximum Gasteiger partial charge on any atom is 0.340 e. The number of para-hydroxylation sites is 1. The highest BCUT2D eigenvalue weighted by Crippen LogP contribution is 2.34. The molecule has 1 N–H and O–H groups in total. The predicted molar refractivity (Wildman–Crippen MR) is 101 cm³/mol. The molecule has 7 heteroatoms. The number of amides is 1. The van der Waals surface area contributed by atoms with Gasteiger partial charge in [-0.1, -0.05) is 25.1 Å². The number of nitrogens with one attached hydrogen (secondary N) is 1. The van der Waals surface area contributed by atoms with Crippen LogP contribution in [0.1, 0.15) is 23.7 Å². The topological polar surface area (TPSA) is 83.1 Å². The minimum atomic E-state index is -0.731.